The molecule has 0 amide bonds. The van der Waals surface area contributed by atoms with Crippen LogP contribution in [0.15, 0.2) is 35.3 Å². The SMILES string of the molecule is O=Cc1cc(=O)[nH]cc1-c1c(Cl)cccc1Cl. The molecule has 0 saturated heterocycles. The van der Waals surface area contributed by atoms with E-state index in [2.05, 4.69) is 4.98 Å². The van der Waals surface area contributed by atoms with Gasteiger partial charge in [-0.25, -0.2) is 0 Å². The van der Waals surface area contributed by atoms with Gasteiger partial charge in [0.1, 0.15) is 0 Å². The van der Waals surface area contributed by atoms with Crippen LogP contribution in [0.5, 0.6) is 0 Å². The molecule has 0 radical (unpaired) electrons. The van der Waals surface area contributed by atoms with Crippen molar-refractivity contribution in [3.63, 3.8) is 0 Å². The van der Waals surface area contributed by atoms with Gasteiger partial charge < -0.3 is 4.98 Å². The molecule has 1 aromatic carbocycles. The quantitative estimate of drug-likeness (QED) is 0.850. The van der Waals surface area contributed by atoms with E-state index >= 15 is 0 Å². The average molecular weight is 268 g/mol. The molecule has 0 bridgehead atoms. The molecule has 2 aromatic rings. The molecule has 0 aliphatic carbocycles. The Morgan fingerprint density at radius 1 is 1.18 bits per heavy atom. The molecule has 0 unspecified atom stereocenters. The van der Waals surface area contributed by atoms with Crippen LogP contribution in [-0.4, -0.2) is 11.3 Å². The predicted molar refractivity (Wildman–Crippen MR) is 67.9 cm³/mol. The number of aromatic nitrogens is 1. The molecule has 1 heterocycles. The number of benzene rings is 1. The molecule has 1 aromatic heterocycles. The van der Waals surface area contributed by atoms with E-state index in [1.165, 1.54) is 12.3 Å². The molecule has 0 saturated carbocycles. The molecule has 1 N–H and O–H groups in total. The Kier molecular flexibility index (Phi) is 3.31. The number of pyridine rings is 1. The lowest BCUT2D eigenvalue weighted by molar-refractivity contribution is 0.112. The summed E-state index contributed by atoms with van der Waals surface area (Å²) < 4.78 is 0. The fourth-order valence-electron chi connectivity index (χ4n) is 1.56. The largest absolute Gasteiger partial charge is 0.328 e. The van der Waals surface area contributed by atoms with Crippen LogP contribution in [0.3, 0.4) is 0 Å². The molecule has 0 fully saturated rings. The minimum atomic E-state index is -0.348. The van der Waals surface area contributed by atoms with E-state index in [9.17, 15) is 9.59 Å². The lowest BCUT2D eigenvalue weighted by Gasteiger charge is -2.08. The van der Waals surface area contributed by atoms with Crippen molar-refractivity contribution in [3.8, 4) is 11.1 Å². The summed E-state index contributed by atoms with van der Waals surface area (Å²) >= 11 is 12.1. The highest BCUT2D eigenvalue weighted by Gasteiger charge is 2.12. The first-order valence-corrected chi connectivity index (χ1v) is 5.51. The van der Waals surface area contributed by atoms with Crippen molar-refractivity contribution >= 4 is 29.5 Å². The van der Waals surface area contributed by atoms with Gasteiger partial charge in [0.25, 0.3) is 0 Å². The van der Waals surface area contributed by atoms with Crippen LogP contribution >= 0.6 is 23.2 Å². The second-order valence-electron chi connectivity index (χ2n) is 3.38. The van der Waals surface area contributed by atoms with Gasteiger partial charge in [0, 0.05) is 39.0 Å². The smallest absolute Gasteiger partial charge is 0.248 e. The number of hydrogen-bond donors (Lipinski definition) is 1. The number of carbonyl (C=O) groups excluding carboxylic acids is 1. The Bertz CT molecular complexity index is 614. The Morgan fingerprint density at radius 2 is 1.82 bits per heavy atom. The van der Waals surface area contributed by atoms with Crippen molar-refractivity contribution < 1.29 is 4.79 Å². The first-order valence-electron chi connectivity index (χ1n) is 4.76. The third-order valence-electron chi connectivity index (χ3n) is 2.32. The summed E-state index contributed by atoms with van der Waals surface area (Å²) in [4.78, 5) is 24.6. The molecular weight excluding hydrogens is 261 g/mol. The highest BCUT2D eigenvalue weighted by Crippen LogP contribution is 2.35. The van der Waals surface area contributed by atoms with E-state index in [1.54, 1.807) is 18.2 Å². The fourth-order valence-corrected chi connectivity index (χ4v) is 2.16. The van der Waals surface area contributed by atoms with E-state index in [1.807, 2.05) is 0 Å². The summed E-state index contributed by atoms with van der Waals surface area (Å²) in [6.45, 7) is 0. The Labute approximate surface area is 107 Å². The van der Waals surface area contributed by atoms with Crippen molar-refractivity contribution in [3.05, 3.63) is 56.4 Å². The van der Waals surface area contributed by atoms with Crippen molar-refractivity contribution in [1.29, 1.82) is 0 Å². The first-order chi connectivity index (χ1) is 8.13. The molecule has 0 aliphatic rings. The van der Waals surface area contributed by atoms with Crippen LogP contribution in [0, 0.1) is 0 Å². The Morgan fingerprint density at radius 3 is 2.41 bits per heavy atom. The number of nitrogens with one attached hydrogen (secondary N) is 1. The molecule has 5 heteroatoms. The zero-order chi connectivity index (χ0) is 12.4. The highest BCUT2D eigenvalue weighted by atomic mass is 35.5. The van der Waals surface area contributed by atoms with Crippen LogP contribution in [0.2, 0.25) is 10.0 Å². The van der Waals surface area contributed by atoms with Gasteiger partial charge >= 0.3 is 0 Å². The molecule has 0 aliphatic heterocycles. The number of halogens is 2. The van der Waals surface area contributed by atoms with Crippen molar-refractivity contribution in [2.75, 3.05) is 0 Å². The summed E-state index contributed by atoms with van der Waals surface area (Å²) in [6.07, 6.45) is 2.03. The van der Waals surface area contributed by atoms with Crippen molar-refractivity contribution in [2.24, 2.45) is 0 Å². The van der Waals surface area contributed by atoms with Gasteiger partial charge in [-0.05, 0) is 12.1 Å². The van der Waals surface area contributed by atoms with Crippen LogP contribution < -0.4 is 5.56 Å². The maximum atomic E-state index is 11.1. The summed E-state index contributed by atoms with van der Waals surface area (Å²) in [5.41, 5.74) is 0.951. The van der Waals surface area contributed by atoms with E-state index in [4.69, 9.17) is 23.2 Å². The maximum Gasteiger partial charge on any atom is 0.248 e. The van der Waals surface area contributed by atoms with E-state index in [-0.39, 0.29) is 11.1 Å². The number of aromatic amines is 1. The maximum absolute atomic E-state index is 11.1. The first kappa shape index (κ1) is 11.9. The van der Waals surface area contributed by atoms with Gasteiger partial charge in [-0.3, -0.25) is 9.59 Å². The van der Waals surface area contributed by atoms with Crippen molar-refractivity contribution in [1.82, 2.24) is 4.98 Å². The topological polar surface area (TPSA) is 49.9 Å². The van der Waals surface area contributed by atoms with Gasteiger partial charge in [0.2, 0.25) is 5.56 Å². The number of carbonyl (C=O) groups is 1. The van der Waals surface area contributed by atoms with E-state index < -0.39 is 0 Å². The van der Waals surface area contributed by atoms with Crippen LogP contribution in [0.1, 0.15) is 10.4 Å². The Balaban J connectivity index is 2.77. The summed E-state index contributed by atoms with van der Waals surface area (Å²) in [6, 6.07) is 6.26. The van der Waals surface area contributed by atoms with Gasteiger partial charge in [0.05, 0.1) is 0 Å². The molecule has 86 valence electrons. The third kappa shape index (κ3) is 2.25. The zero-order valence-corrected chi connectivity index (χ0v) is 10.0. The van der Waals surface area contributed by atoms with Gasteiger partial charge in [0.15, 0.2) is 6.29 Å². The highest BCUT2D eigenvalue weighted by molar-refractivity contribution is 6.39. The van der Waals surface area contributed by atoms with E-state index in [0.29, 0.717) is 27.5 Å². The fraction of sp³-hybridized carbons (Fsp3) is 0. The Hall–Kier alpha value is -1.58. The summed E-state index contributed by atoms with van der Waals surface area (Å²) in [5, 5.41) is 0.847. The second-order valence-corrected chi connectivity index (χ2v) is 4.20. The van der Waals surface area contributed by atoms with Gasteiger partial charge in [-0.15, -0.1) is 0 Å². The molecule has 2 rings (SSSR count). The summed E-state index contributed by atoms with van der Waals surface area (Å²) in [5.74, 6) is 0. The zero-order valence-electron chi connectivity index (χ0n) is 8.54. The van der Waals surface area contributed by atoms with Crippen molar-refractivity contribution in [2.45, 2.75) is 0 Å². The lowest BCUT2D eigenvalue weighted by Crippen LogP contribution is -2.06. The lowest BCUT2D eigenvalue weighted by atomic mass is 10.0. The third-order valence-corrected chi connectivity index (χ3v) is 2.95. The minimum Gasteiger partial charge on any atom is -0.328 e. The molecular formula is C12H7Cl2NO2. The minimum absolute atomic E-state index is 0.253. The van der Waals surface area contributed by atoms with Crippen LogP contribution in [-0.2, 0) is 0 Å². The number of aldehydes is 1. The molecule has 0 atom stereocenters. The van der Waals surface area contributed by atoms with Crippen LogP contribution in [0.4, 0.5) is 0 Å². The molecule has 0 spiro atoms. The monoisotopic (exact) mass is 267 g/mol. The second kappa shape index (κ2) is 4.73. The number of hydrogen-bond acceptors (Lipinski definition) is 2. The molecule has 17 heavy (non-hydrogen) atoms. The predicted octanol–water partition coefficient (Wildman–Crippen LogP) is 3.16. The normalized spacial score (nSPS) is 10.2. The molecule has 3 nitrogen and oxygen atoms in total. The van der Waals surface area contributed by atoms with E-state index in [0.717, 1.165) is 0 Å². The average Bonchev–Trinajstić information content (AvgIpc) is 2.30. The number of H-pyrrole nitrogens is 1. The van der Waals surface area contributed by atoms with Crippen LogP contribution in [0.25, 0.3) is 11.1 Å². The van der Waals surface area contributed by atoms with Gasteiger partial charge in [-0.1, -0.05) is 29.3 Å². The summed E-state index contributed by atoms with van der Waals surface area (Å²) in [7, 11) is 0. The van der Waals surface area contributed by atoms with Gasteiger partial charge in [-0.2, -0.15) is 0 Å². The standard InChI is InChI=1S/C12H7Cl2NO2/c13-9-2-1-3-10(14)12(9)8-5-15-11(17)4-7(8)6-16/h1-6H,(H,15,17). The number of rotatable bonds is 2.